The summed E-state index contributed by atoms with van der Waals surface area (Å²) in [5, 5.41) is 2.64. The number of thiophene rings is 1. The average molecular weight is 443 g/mol. The van der Waals surface area contributed by atoms with Crippen LogP contribution in [-0.4, -0.2) is 24.3 Å². The molecule has 0 radical (unpaired) electrons. The highest BCUT2D eigenvalue weighted by atomic mass is 32.1. The summed E-state index contributed by atoms with van der Waals surface area (Å²) in [6.45, 7) is 0.254. The monoisotopic (exact) mass is 443 g/mol. The first-order valence-electron chi connectivity index (χ1n) is 9.41. The van der Waals surface area contributed by atoms with Crippen molar-refractivity contribution in [3.8, 4) is 10.4 Å². The van der Waals surface area contributed by atoms with Gasteiger partial charge in [0.2, 0.25) is 5.91 Å². The number of carbonyl (C=O) groups is 3. The van der Waals surface area contributed by atoms with Crippen LogP contribution in [0.3, 0.4) is 0 Å². The summed E-state index contributed by atoms with van der Waals surface area (Å²) in [5.41, 5.74) is 5.79. The highest BCUT2D eigenvalue weighted by Gasteiger charge is 2.12. The van der Waals surface area contributed by atoms with E-state index in [2.05, 4.69) is 16.2 Å². The van der Waals surface area contributed by atoms with Crippen LogP contribution in [0.2, 0.25) is 0 Å². The van der Waals surface area contributed by atoms with E-state index < -0.39 is 17.6 Å². The Balaban J connectivity index is 1.37. The summed E-state index contributed by atoms with van der Waals surface area (Å²) in [5.74, 6) is -1.99. The largest absolute Gasteiger partial charge is 0.352 e. The minimum Gasteiger partial charge on any atom is -0.352 e. The van der Waals surface area contributed by atoms with Crippen molar-refractivity contribution in [2.24, 2.45) is 0 Å². The van der Waals surface area contributed by atoms with Crippen molar-refractivity contribution in [2.75, 3.05) is 6.54 Å². The summed E-state index contributed by atoms with van der Waals surface area (Å²) in [6.07, 6.45) is 0.456. The molecule has 3 aromatic rings. The topological polar surface area (TPSA) is 87.3 Å². The van der Waals surface area contributed by atoms with Gasteiger partial charge in [-0.1, -0.05) is 12.1 Å². The van der Waals surface area contributed by atoms with Gasteiger partial charge in [-0.15, -0.1) is 11.3 Å². The number of nitrogens with one attached hydrogen (secondary N) is 3. The first-order chi connectivity index (χ1) is 14.9. The molecule has 0 atom stereocenters. The van der Waals surface area contributed by atoms with Crippen molar-refractivity contribution in [2.45, 2.75) is 12.8 Å². The van der Waals surface area contributed by atoms with Crippen molar-refractivity contribution in [1.82, 2.24) is 16.2 Å². The van der Waals surface area contributed by atoms with Crippen LogP contribution in [0.5, 0.6) is 0 Å². The van der Waals surface area contributed by atoms with Gasteiger partial charge in [-0.25, -0.2) is 8.78 Å². The predicted octanol–water partition coefficient (Wildman–Crippen LogP) is 3.66. The fourth-order valence-electron chi connectivity index (χ4n) is 2.63. The van der Waals surface area contributed by atoms with Crippen molar-refractivity contribution >= 4 is 29.1 Å². The van der Waals surface area contributed by atoms with Crippen LogP contribution in [0.4, 0.5) is 8.78 Å². The summed E-state index contributed by atoms with van der Waals surface area (Å²) < 4.78 is 25.9. The second-order valence-corrected chi connectivity index (χ2v) is 7.62. The molecule has 1 heterocycles. The van der Waals surface area contributed by atoms with Gasteiger partial charge >= 0.3 is 0 Å². The number of amides is 3. The van der Waals surface area contributed by atoms with E-state index in [1.807, 2.05) is 0 Å². The molecule has 9 heteroatoms. The number of hydrazine groups is 1. The summed E-state index contributed by atoms with van der Waals surface area (Å²) in [4.78, 5) is 37.1. The smallest absolute Gasteiger partial charge is 0.279 e. The van der Waals surface area contributed by atoms with Gasteiger partial charge in [-0.05, 0) is 60.5 Å². The second kappa shape index (κ2) is 10.4. The fourth-order valence-corrected chi connectivity index (χ4v) is 3.54. The molecule has 0 unspecified atom stereocenters. The van der Waals surface area contributed by atoms with Crippen LogP contribution in [0.15, 0.2) is 60.7 Å². The summed E-state index contributed by atoms with van der Waals surface area (Å²) >= 11 is 1.22. The lowest BCUT2D eigenvalue weighted by Gasteiger charge is -2.07. The van der Waals surface area contributed by atoms with Crippen LogP contribution in [0.1, 0.15) is 32.9 Å². The molecule has 3 N–H and O–H groups in total. The third-order valence-corrected chi connectivity index (χ3v) is 5.38. The highest BCUT2D eigenvalue weighted by Crippen LogP contribution is 2.28. The van der Waals surface area contributed by atoms with Crippen molar-refractivity contribution in [1.29, 1.82) is 0 Å². The highest BCUT2D eigenvalue weighted by molar-refractivity contribution is 7.17. The molecule has 1 aromatic heterocycles. The molecular formula is C22H19F2N3O3S. The molecular weight excluding hydrogens is 424 g/mol. The SMILES string of the molecule is O=C(CCCNC(=O)c1ccc(F)cc1)NNC(=O)c1ccc(-c2ccc(F)cc2)s1. The molecule has 0 spiro atoms. The minimum atomic E-state index is -0.462. The van der Waals surface area contributed by atoms with Gasteiger partial charge in [-0.3, -0.25) is 25.2 Å². The van der Waals surface area contributed by atoms with E-state index in [1.165, 1.54) is 47.7 Å². The number of halogens is 2. The standard InChI is InChI=1S/C22H19F2N3O3S/c23-16-7-3-14(4-8-16)18-11-12-19(31-18)22(30)27-26-20(28)2-1-13-25-21(29)15-5-9-17(24)10-6-15/h3-12H,1-2,13H2,(H,25,29)(H,26,28)(H,27,30). The molecule has 3 amide bonds. The summed E-state index contributed by atoms with van der Waals surface area (Å²) in [6, 6.07) is 14.4. The lowest BCUT2D eigenvalue weighted by atomic mass is 10.2. The Labute approximate surface area is 181 Å². The molecule has 0 aliphatic rings. The van der Waals surface area contributed by atoms with Crippen LogP contribution < -0.4 is 16.2 Å². The Morgan fingerprint density at radius 2 is 1.42 bits per heavy atom. The molecule has 2 aromatic carbocycles. The van der Waals surface area contributed by atoms with E-state index in [4.69, 9.17) is 0 Å². The van der Waals surface area contributed by atoms with E-state index in [0.29, 0.717) is 16.9 Å². The number of carbonyl (C=O) groups excluding carboxylic acids is 3. The van der Waals surface area contributed by atoms with E-state index in [0.717, 1.165) is 10.4 Å². The summed E-state index contributed by atoms with van der Waals surface area (Å²) in [7, 11) is 0. The first-order valence-corrected chi connectivity index (χ1v) is 10.2. The van der Waals surface area contributed by atoms with Gasteiger partial charge in [-0.2, -0.15) is 0 Å². The van der Waals surface area contributed by atoms with Crippen molar-refractivity contribution in [3.05, 3.63) is 82.7 Å². The second-order valence-electron chi connectivity index (χ2n) is 6.54. The molecule has 6 nitrogen and oxygen atoms in total. The molecule has 0 bridgehead atoms. The van der Waals surface area contributed by atoms with Gasteiger partial charge < -0.3 is 5.32 Å². The zero-order chi connectivity index (χ0) is 22.2. The molecule has 160 valence electrons. The van der Waals surface area contributed by atoms with E-state index >= 15 is 0 Å². The molecule has 31 heavy (non-hydrogen) atoms. The third-order valence-electron chi connectivity index (χ3n) is 4.25. The minimum absolute atomic E-state index is 0.0925. The van der Waals surface area contributed by atoms with Gasteiger partial charge in [0.15, 0.2) is 0 Å². The molecule has 3 rings (SSSR count). The Bertz CT molecular complexity index is 1070. The molecule has 0 aliphatic carbocycles. The number of hydrogen-bond donors (Lipinski definition) is 3. The van der Waals surface area contributed by atoms with Crippen LogP contribution in [-0.2, 0) is 4.79 Å². The van der Waals surface area contributed by atoms with Crippen LogP contribution >= 0.6 is 11.3 Å². The third kappa shape index (κ3) is 6.45. The predicted molar refractivity (Wildman–Crippen MR) is 113 cm³/mol. The normalized spacial score (nSPS) is 10.4. The quantitative estimate of drug-likeness (QED) is 0.385. The van der Waals surface area contributed by atoms with E-state index in [-0.39, 0.29) is 24.7 Å². The molecule has 0 fully saturated rings. The Kier molecular flexibility index (Phi) is 7.45. The van der Waals surface area contributed by atoms with Crippen molar-refractivity contribution < 1.29 is 23.2 Å². The molecule has 0 saturated carbocycles. The number of benzene rings is 2. The van der Waals surface area contributed by atoms with E-state index in [1.54, 1.807) is 24.3 Å². The van der Waals surface area contributed by atoms with Crippen molar-refractivity contribution in [3.63, 3.8) is 0 Å². The number of hydrogen-bond acceptors (Lipinski definition) is 4. The fraction of sp³-hybridized carbons (Fsp3) is 0.136. The Morgan fingerprint density at radius 3 is 2.10 bits per heavy atom. The van der Waals surface area contributed by atoms with E-state index in [9.17, 15) is 23.2 Å². The van der Waals surface area contributed by atoms with Gasteiger partial charge in [0.25, 0.3) is 11.8 Å². The average Bonchev–Trinajstić information content (AvgIpc) is 3.26. The lowest BCUT2D eigenvalue weighted by molar-refractivity contribution is -0.121. The first kappa shape index (κ1) is 22.1. The van der Waals surface area contributed by atoms with Gasteiger partial charge in [0.1, 0.15) is 11.6 Å². The van der Waals surface area contributed by atoms with Crippen LogP contribution in [0.25, 0.3) is 10.4 Å². The van der Waals surface area contributed by atoms with Crippen LogP contribution in [0, 0.1) is 11.6 Å². The maximum atomic E-state index is 13.0. The Morgan fingerprint density at radius 1 is 0.774 bits per heavy atom. The van der Waals surface area contributed by atoms with Gasteiger partial charge in [0.05, 0.1) is 4.88 Å². The van der Waals surface area contributed by atoms with Gasteiger partial charge in [0, 0.05) is 23.4 Å². The molecule has 0 aliphatic heterocycles. The maximum absolute atomic E-state index is 13.0. The zero-order valence-electron chi connectivity index (χ0n) is 16.3. The molecule has 0 saturated heterocycles. The lowest BCUT2D eigenvalue weighted by Crippen LogP contribution is -2.41. The Hall–Kier alpha value is -3.59. The maximum Gasteiger partial charge on any atom is 0.279 e. The zero-order valence-corrected chi connectivity index (χ0v) is 17.1. The number of rotatable bonds is 7.